The number of nitrogens with one attached hydrogen (secondary N) is 2. The molecule has 0 saturated heterocycles. The summed E-state index contributed by atoms with van der Waals surface area (Å²) in [5, 5.41) is 6.28. The standard InChI is InChI=1S/C13H24N4O2/c1-4-5-11-16-12(14-2)10-13(17-11)15-6-7-19-9-8-18-3/h10H,4-9H2,1-3H3,(H2,14,15,16,17). The summed E-state index contributed by atoms with van der Waals surface area (Å²) in [6, 6.07) is 1.90. The van der Waals surface area contributed by atoms with E-state index in [1.807, 2.05) is 13.1 Å². The van der Waals surface area contributed by atoms with Crippen LogP contribution in [0.1, 0.15) is 19.2 Å². The van der Waals surface area contributed by atoms with Crippen LogP contribution in [0.5, 0.6) is 0 Å². The van der Waals surface area contributed by atoms with E-state index in [0.717, 1.165) is 36.8 Å². The Labute approximate surface area is 114 Å². The van der Waals surface area contributed by atoms with Gasteiger partial charge in [0.15, 0.2) is 0 Å². The van der Waals surface area contributed by atoms with Gasteiger partial charge in [0.1, 0.15) is 17.5 Å². The zero-order valence-electron chi connectivity index (χ0n) is 12.0. The van der Waals surface area contributed by atoms with Crippen molar-refractivity contribution in [2.45, 2.75) is 19.8 Å². The molecule has 1 heterocycles. The fraction of sp³-hybridized carbons (Fsp3) is 0.692. The van der Waals surface area contributed by atoms with Crippen LogP contribution < -0.4 is 10.6 Å². The lowest BCUT2D eigenvalue weighted by atomic mass is 10.3. The van der Waals surface area contributed by atoms with Crippen molar-refractivity contribution < 1.29 is 9.47 Å². The lowest BCUT2D eigenvalue weighted by molar-refractivity contribution is 0.0759. The van der Waals surface area contributed by atoms with Gasteiger partial charge in [-0.2, -0.15) is 0 Å². The molecule has 19 heavy (non-hydrogen) atoms. The molecule has 0 radical (unpaired) electrons. The van der Waals surface area contributed by atoms with Crippen molar-refractivity contribution in [2.75, 3.05) is 51.2 Å². The molecule has 1 aromatic rings. The predicted molar refractivity (Wildman–Crippen MR) is 76.8 cm³/mol. The molecule has 2 N–H and O–H groups in total. The Bertz CT molecular complexity index is 360. The average Bonchev–Trinajstić information content (AvgIpc) is 2.43. The van der Waals surface area contributed by atoms with Crippen molar-refractivity contribution in [3.05, 3.63) is 11.9 Å². The SMILES string of the molecule is CCCc1nc(NC)cc(NCCOCCOC)n1. The minimum atomic E-state index is 0.616. The first-order valence-corrected chi connectivity index (χ1v) is 6.66. The van der Waals surface area contributed by atoms with Crippen molar-refractivity contribution in [1.29, 1.82) is 0 Å². The molecule has 0 aromatic carbocycles. The molecule has 0 bridgehead atoms. The Morgan fingerprint density at radius 1 is 1.16 bits per heavy atom. The fourth-order valence-electron chi connectivity index (χ4n) is 1.55. The number of rotatable bonds is 10. The third-order valence-corrected chi connectivity index (χ3v) is 2.49. The monoisotopic (exact) mass is 268 g/mol. The van der Waals surface area contributed by atoms with Crippen LogP contribution in [0.15, 0.2) is 6.07 Å². The zero-order valence-corrected chi connectivity index (χ0v) is 12.0. The van der Waals surface area contributed by atoms with Crippen LogP contribution in [0.2, 0.25) is 0 Å². The predicted octanol–water partition coefficient (Wildman–Crippen LogP) is 1.55. The molecule has 0 aliphatic heterocycles. The van der Waals surface area contributed by atoms with Crippen LogP contribution in [-0.4, -0.2) is 50.5 Å². The lowest BCUT2D eigenvalue weighted by Gasteiger charge is -2.09. The summed E-state index contributed by atoms with van der Waals surface area (Å²) in [7, 11) is 3.52. The van der Waals surface area contributed by atoms with Gasteiger partial charge in [-0.1, -0.05) is 6.92 Å². The van der Waals surface area contributed by atoms with Crippen molar-refractivity contribution in [3.63, 3.8) is 0 Å². The minimum Gasteiger partial charge on any atom is -0.382 e. The van der Waals surface area contributed by atoms with Crippen molar-refractivity contribution in [3.8, 4) is 0 Å². The van der Waals surface area contributed by atoms with Crippen molar-refractivity contribution in [1.82, 2.24) is 9.97 Å². The van der Waals surface area contributed by atoms with Gasteiger partial charge in [0.25, 0.3) is 0 Å². The number of methoxy groups -OCH3 is 1. The van der Waals surface area contributed by atoms with E-state index in [4.69, 9.17) is 9.47 Å². The van der Waals surface area contributed by atoms with E-state index in [2.05, 4.69) is 27.5 Å². The molecule has 0 unspecified atom stereocenters. The molecule has 0 aliphatic carbocycles. The minimum absolute atomic E-state index is 0.616. The van der Waals surface area contributed by atoms with Gasteiger partial charge >= 0.3 is 0 Å². The Morgan fingerprint density at radius 2 is 1.95 bits per heavy atom. The molecular formula is C13H24N4O2. The Balaban J connectivity index is 2.41. The third kappa shape index (κ3) is 6.35. The van der Waals surface area contributed by atoms with Gasteiger partial charge in [-0.3, -0.25) is 0 Å². The molecule has 6 nitrogen and oxygen atoms in total. The van der Waals surface area contributed by atoms with Crippen molar-refractivity contribution >= 4 is 11.6 Å². The van der Waals surface area contributed by atoms with Gasteiger partial charge < -0.3 is 20.1 Å². The second-order valence-corrected chi connectivity index (χ2v) is 4.09. The molecule has 6 heteroatoms. The summed E-state index contributed by atoms with van der Waals surface area (Å²) < 4.78 is 10.3. The highest BCUT2D eigenvalue weighted by atomic mass is 16.5. The second-order valence-electron chi connectivity index (χ2n) is 4.09. The van der Waals surface area contributed by atoms with Crippen LogP contribution in [-0.2, 0) is 15.9 Å². The maximum Gasteiger partial charge on any atom is 0.133 e. The fourth-order valence-corrected chi connectivity index (χ4v) is 1.55. The third-order valence-electron chi connectivity index (χ3n) is 2.49. The van der Waals surface area contributed by atoms with E-state index >= 15 is 0 Å². The number of aryl methyl sites for hydroxylation is 1. The molecular weight excluding hydrogens is 244 g/mol. The highest BCUT2D eigenvalue weighted by Gasteiger charge is 2.02. The van der Waals surface area contributed by atoms with Gasteiger partial charge in [-0.25, -0.2) is 9.97 Å². The Hall–Kier alpha value is -1.40. The quantitative estimate of drug-likeness (QED) is 0.627. The molecule has 1 aromatic heterocycles. The first-order valence-electron chi connectivity index (χ1n) is 6.66. The zero-order chi connectivity index (χ0) is 13.9. The first kappa shape index (κ1) is 15.7. The van der Waals surface area contributed by atoms with Gasteiger partial charge in [-0.15, -0.1) is 0 Å². The molecule has 0 spiro atoms. The lowest BCUT2D eigenvalue weighted by Crippen LogP contribution is -2.13. The molecule has 108 valence electrons. The molecule has 0 saturated carbocycles. The molecule has 0 atom stereocenters. The summed E-state index contributed by atoms with van der Waals surface area (Å²) in [6.07, 6.45) is 1.92. The highest BCUT2D eigenvalue weighted by molar-refractivity contribution is 5.47. The average molecular weight is 268 g/mol. The van der Waals surface area contributed by atoms with Gasteiger partial charge in [0, 0.05) is 33.2 Å². The van der Waals surface area contributed by atoms with Crippen LogP contribution >= 0.6 is 0 Å². The van der Waals surface area contributed by atoms with E-state index in [9.17, 15) is 0 Å². The van der Waals surface area contributed by atoms with Gasteiger partial charge in [0.05, 0.1) is 19.8 Å². The number of aromatic nitrogens is 2. The van der Waals surface area contributed by atoms with Gasteiger partial charge in [0.2, 0.25) is 0 Å². The summed E-state index contributed by atoms with van der Waals surface area (Å²) in [4.78, 5) is 8.86. The molecule has 0 fully saturated rings. The number of nitrogens with zero attached hydrogens (tertiary/aromatic N) is 2. The Kier molecular flexibility index (Phi) is 7.84. The molecule has 0 amide bonds. The van der Waals surface area contributed by atoms with Crippen LogP contribution in [0, 0.1) is 0 Å². The van der Waals surface area contributed by atoms with E-state index in [-0.39, 0.29) is 0 Å². The summed E-state index contributed by atoms with van der Waals surface area (Å²) in [5.41, 5.74) is 0. The summed E-state index contributed by atoms with van der Waals surface area (Å²) in [6.45, 7) is 4.70. The summed E-state index contributed by atoms with van der Waals surface area (Å²) >= 11 is 0. The second kappa shape index (κ2) is 9.52. The number of hydrogen-bond acceptors (Lipinski definition) is 6. The maximum atomic E-state index is 5.38. The van der Waals surface area contributed by atoms with E-state index in [0.29, 0.717) is 19.8 Å². The van der Waals surface area contributed by atoms with Crippen LogP contribution in [0.3, 0.4) is 0 Å². The first-order chi connectivity index (χ1) is 9.30. The van der Waals surface area contributed by atoms with Crippen LogP contribution in [0.4, 0.5) is 11.6 Å². The van der Waals surface area contributed by atoms with E-state index < -0.39 is 0 Å². The highest BCUT2D eigenvalue weighted by Crippen LogP contribution is 2.11. The molecule has 0 aliphatic rings. The number of ether oxygens (including phenoxy) is 2. The largest absolute Gasteiger partial charge is 0.382 e. The van der Waals surface area contributed by atoms with Crippen LogP contribution in [0.25, 0.3) is 0 Å². The van der Waals surface area contributed by atoms with E-state index in [1.165, 1.54) is 0 Å². The number of anilines is 2. The van der Waals surface area contributed by atoms with Crippen molar-refractivity contribution in [2.24, 2.45) is 0 Å². The molecule has 1 rings (SSSR count). The van der Waals surface area contributed by atoms with E-state index in [1.54, 1.807) is 7.11 Å². The maximum absolute atomic E-state index is 5.38. The normalized spacial score (nSPS) is 10.5. The Morgan fingerprint density at radius 3 is 2.63 bits per heavy atom. The smallest absolute Gasteiger partial charge is 0.133 e. The topological polar surface area (TPSA) is 68.3 Å². The number of hydrogen-bond donors (Lipinski definition) is 2. The summed E-state index contributed by atoms with van der Waals surface area (Å²) in [5.74, 6) is 2.52. The van der Waals surface area contributed by atoms with Gasteiger partial charge in [-0.05, 0) is 6.42 Å².